The molecule has 0 bridgehead atoms. The average Bonchev–Trinajstić information content (AvgIpc) is 2.69. The number of rotatable bonds is 5. The Morgan fingerprint density at radius 1 is 0.963 bits per heavy atom. The third-order valence-corrected chi connectivity index (χ3v) is 3.85. The van der Waals surface area contributed by atoms with Crippen molar-refractivity contribution >= 4 is 28.9 Å². The zero-order valence-electron chi connectivity index (χ0n) is 14.1. The standard InChI is InChI=1S/C21H15FN2O3/c22-19-12-11-17(24(26)27)14-20(19)23-21(25)18(16-9-5-2-6-10-16)13-15-7-3-1-4-8-15/h1-14H,(H,23,25)/b18-13+. The van der Waals surface area contributed by atoms with Gasteiger partial charge in [-0.2, -0.15) is 0 Å². The molecule has 3 aromatic carbocycles. The molecule has 0 atom stereocenters. The number of halogens is 1. The van der Waals surface area contributed by atoms with Gasteiger partial charge in [0.05, 0.1) is 10.6 Å². The van der Waals surface area contributed by atoms with E-state index in [0.717, 1.165) is 23.8 Å². The van der Waals surface area contributed by atoms with Crippen molar-refractivity contribution < 1.29 is 14.1 Å². The molecule has 0 unspecified atom stereocenters. The number of nitro benzene ring substituents is 1. The van der Waals surface area contributed by atoms with Crippen LogP contribution in [0.4, 0.5) is 15.8 Å². The van der Waals surface area contributed by atoms with E-state index in [1.54, 1.807) is 30.3 Å². The molecule has 1 N–H and O–H groups in total. The maximum atomic E-state index is 14.0. The molecule has 3 aromatic rings. The van der Waals surface area contributed by atoms with Crippen LogP contribution in [0.2, 0.25) is 0 Å². The third kappa shape index (κ3) is 4.43. The van der Waals surface area contributed by atoms with Crippen LogP contribution in [0.25, 0.3) is 11.6 Å². The summed E-state index contributed by atoms with van der Waals surface area (Å²) in [7, 11) is 0. The summed E-state index contributed by atoms with van der Waals surface area (Å²) in [6.45, 7) is 0. The molecule has 3 rings (SSSR count). The smallest absolute Gasteiger partial charge is 0.271 e. The highest BCUT2D eigenvalue weighted by Gasteiger charge is 2.17. The summed E-state index contributed by atoms with van der Waals surface area (Å²) in [5, 5.41) is 13.3. The molecule has 0 fully saturated rings. The Morgan fingerprint density at radius 3 is 2.22 bits per heavy atom. The summed E-state index contributed by atoms with van der Waals surface area (Å²) in [6, 6.07) is 21.1. The van der Waals surface area contributed by atoms with Gasteiger partial charge >= 0.3 is 0 Å². The number of benzene rings is 3. The van der Waals surface area contributed by atoms with Gasteiger partial charge in [-0.25, -0.2) is 4.39 Å². The molecule has 1 amide bonds. The van der Waals surface area contributed by atoms with Gasteiger partial charge in [-0.15, -0.1) is 0 Å². The highest BCUT2D eigenvalue weighted by molar-refractivity contribution is 6.29. The predicted octanol–water partition coefficient (Wildman–Crippen LogP) is 4.91. The van der Waals surface area contributed by atoms with Gasteiger partial charge in [0, 0.05) is 17.7 Å². The molecular formula is C21H15FN2O3. The molecular weight excluding hydrogens is 347 g/mol. The minimum absolute atomic E-state index is 0.246. The van der Waals surface area contributed by atoms with Crippen LogP contribution in [-0.4, -0.2) is 10.8 Å². The average molecular weight is 362 g/mol. The molecule has 27 heavy (non-hydrogen) atoms. The first-order chi connectivity index (χ1) is 13.0. The van der Waals surface area contributed by atoms with E-state index in [2.05, 4.69) is 5.32 Å². The summed E-state index contributed by atoms with van der Waals surface area (Å²) >= 11 is 0. The Morgan fingerprint density at radius 2 is 1.59 bits per heavy atom. The van der Waals surface area contributed by atoms with E-state index < -0.39 is 16.6 Å². The van der Waals surface area contributed by atoms with Gasteiger partial charge in [0.1, 0.15) is 5.82 Å². The molecule has 0 aliphatic rings. The largest absolute Gasteiger partial charge is 0.319 e. The molecule has 6 heteroatoms. The summed E-state index contributed by atoms with van der Waals surface area (Å²) < 4.78 is 14.0. The molecule has 0 aromatic heterocycles. The van der Waals surface area contributed by atoms with E-state index in [9.17, 15) is 19.3 Å². The van der Waals surface area contributed by atoms with E-state index in [1.807, 2.05) is 36.4 Å². The zero-order chi connectivity index (χ0) is 19.2. The van der Waals surface area contributed by atoms with E-state index >= 15 is 0 Å². The number of hydrogen-bond donors (Lipinski definition) is 1. The lowest BCUT2D eigenvalue weighted by atomic mass is 10.0. The van der Waals surface area contributed by atoms with Crippen molar-refractivity contribution in [2.45, 2.75) is 0 Å². The number of nitrogens with zero attached hydrogens (tertiary/aromatic N) is 1. The first kappa shape index (κ1) is 18.0. The number of nitrogens with one attached hydrogen (secondary N) is 1. The first-order valence-corrected chi connectivity index (χ1v) is 8.12. The lowest BCUT2D eigenvalue weighted by Gasteiger charge is -2.10. The van der Waals surface area contributed by atoms with E-state index in [4.69, 9.17) is 0 Å². The van der Waals surface area contributed by atoms with Gasteiger partial charge in [-0.05, 0) is 23.3 Å². The minimum Gasteiger partial charge on any atom is -0.319 e. The quantitative estimate of drug-likeness (QED) is 0.303. The molecule has 0 saturated carbocycles. The highest BCUT2D eigenvalue weighted by atomic mass is 19.1. The van der Waals surface area contributed by atoms with E-state index in [1.165, 1.54) is 0 Å². The third-order valence-electron chi connectivity index (χ3n) is 3.85. The van der Waals surface area contributed by atoms with Crippen molar-refractivity contribution in [1.29, 1.82) is 0 Å². The Labute approximate surface area is 154 Å². The van der Waals surface area contributed by atoms with Gasteiger partial charge in [-0.1, -0.05) is 60.7 Å². The fourth-order valence-electron chi connectivity index (χ4n) is 2.53. The van der Waals surface area contributed by atoms with Crippen LogP contribution >= 0.6 is 0 Å². The number of anilines is 1. The van der Waals surface area contributed by atoms with Crippen LogP contribution in [-0.2, 0) is 4.79 Å². The molecule has 0 radical (unpaired) electrons. The highest BCUT2D eigenvalue weighted by Crippen LogP contribution is 2.24. The lowest BCUT2D eigenvalue weighted by molar-refractivity contribution is -0.384. The second-order valence-electron chi connectivity index (χ2n) is 5.71. The molecule has 0 aliphatic carbocycles. The van der Waals surface area contributed by atoms with Crippen LogP contribution in [0.1, 0.15) is 11.1 Å². The van der Waals surface area contributed by atoms with Gasteiger partial charge in [0.25, 0.3) is 11.6 Å². The van der Waals surface area contributed by atoms with Crippen LogP contribution in [0.15, 0.2) is 78.9 Å². The summed E-state index contributed by atoms with van der Waals surface area (Å²) in [4.78, 5) is 23.1. The first-order valence-electron chi connectivity index (χ1n) is 8.12. The number of non-ortho nitro benzene ring substituents is 1. The number of carbonyl (C=O) groups excluding carboxylic acids is 1. The van der Waals surface area contributed by atoms with Crippen molar-refractivity contribution in [2.75, 3.05) is 5.32 Å². The van der Waals surface area contributed by atoms with Gasteiger partial charge in [0.15, 0.2) is 0 Å². The topological polar surface area (TPSA) is 72.2 Å². The predicted molar refractivity (Wildman–Crippen MR) is 102 cm³/mol. The van der Waals surface area contributed by atoms with Crippen LogP contribution < -0.4 is 5.32 Å². The zero-order valence-corrected chi connectivity index (χ0v) is 14.1. The van der Waals surface area contributed by atoms with Gasteiger partial charge in [-0.3, -0.25) is 14.9 Å². The lowest BCUT2D eigenvalue weighted by Crippen LogP contribution is -2.15. The Kier molecular flexibility index (Phi) is 5.37. The number of nitro groups is 1. The van der Waals surface area contributed by atoms with Crippen molar-refractivity contribution in [3.8, 4) is 0 Å². The Hall–Kier alpha value is -3.80. The van der Waals surface area contributed by atoms with Crippen LogP contribution in [0.3, 0.4) is 0 Å². The second kappa shape index (κ2) is 8.05. The van der Waals surface area contributed by atoms with Crippen LogP contribution in [0.5, 0.6) is 0 Å². The molecule has 0 saturated heterocycles. The number of hydrogen-bond acceptors (Lipinski definition) is 3. The molecule has 5 nitrogen and oxygen atoms in total. The minimum atomic E-state index is -0.749. The van der Waals surface area contributed by atoms with Gasteiger partial charge < -0.3 is 5.32 Å². The summed E-state index contributed by atoms with van der Waals surface area (Å²) in [5.74, 6) is -1.31. The molecule has 134 valence electrons. The monoisotopic (exact) mass is 362 g/mol. The van der Waals surface area contributed by atoms with Crippen LogP contribution in [0, 0.1) is 15.9 Å². The van der Waals surface area contributed by atoms with Crippen molar-refractivity contribution in [1.82, 2.24) is 0 Å². The fourth-order valence-corrected chi connectivity index (χ4v) is 2.53. The normalized spacial score (nSPS) is 11.1. The SMILES string of the molecule is O=C(Nc1cc([N+](=O)[O-])ccc1F)/C(=C/c1ccccc1)c1ccccc1. The molecule has 0 aliphatic heterocycles. The second-order valence-corrected chi connectivity index (χ2v) is 5.71. The van der Waals surface area contributed by atoms with Crippen molar-refractivity contribution in [3.05, 3.63) is 106 Å². The maximum absolute atomic E-state index is 14.0. The van der Waals surface area contributed by atoms with E-state index in [-0.39, 0.29) is 11.4 Å². The Bertz CT molecular complexity index is 1000. The number of carbonyl (C=O) groups is 1. The summed E-state index contributed by atoms with van der Waals surface area (Å²) in [5.41, 5.74) is 1.20. The fraction of sp³-hybridized carbons (Fsp3) is 0. The maximum Gasteiger partial charge on any atom is 0.271 e. The van der Waals surface area contributed by atoms with Crippen molar-refractivity contribution in [3.63, 3.8) is 0 Å². The van der Waals surface area contributed by atoms with Gasteiger partial charge in [0.2, 0.25) is 0 Å². The van der Waals surface area contributed by atoms with Crippen molar-refractivity contribution in [2.24, 2.45) is 0 Å². The Balaban J connectivity index is 1.99. The molecule has 0 heterocycles. The van der Waals surface area contributed by atoms with E-state index in [0.29, 0.717) is 11.1 Å². The summed E-state index contributed by atoms with van der Waals surface area (Å²) in [6.07, 6.45) is 1.68. The number of amides is 1. The molecule has 0 spiro atoms.